The van der Waals surface area contributed by atoms with E-state index in [1.807, 2.05) is 24.4 Å². The van der Waals surface area contributed by atoms with Crippen LogP contribution in [0.2, 0.25) is 0 Å². The fourth-order valence-corrected chi connectivity index (χ4v) is 2.25. The second-order valence-electron chi connectivity index (χ2n) is 4.98. The summed E-state index contributed by atoms with van der Waals surface area (Å²) in [7, 11) is 0. The fourth-order valence-electron chi connectivity index (χ4n) is 1.57. The molecule has 2 aromatic rings. The molecule has 2 rings (SSSR count). The van der Waals surface area contributed by atoms with Gasteiger partial charge < -0.3 is 4.74 Å². The van der Waals surface area contributed by atoms with Crippen molar-refractivity contribution in [1.29, 1.82) is 0 Å². The number of anilines is 1. The molecule has 0 spiro atoms. The molecule has 1 amide bonds. The van der Waals surface area contributed by atoms with E-state index in [2.05, 4.69) is 24.1 Å². The average Bonchev–Trinajstić information content (AvgIpc) is 2.82. The zero-order valence-electron chi connectivity index (χ0n) is 11.8. The van der Waals surface area contributed by atoms with Crippen LogP contribution in [0.5, 0.6) is 5.75 Å². The molecule has 0 aliphatic carbocycles. The summed E-state index contributed by atoms with van der Waals surface area (Å²) >= 11 is 1.42. The van der Waals surface area contributed by atoms with Gasteiger partial charge in [-0.1, -0.05) is 19.9 Å². The molecule has 106 valence electrons. The minimum Gasteiger partial charge on any atom is -0.493 e. The zero-order valence-corrected chi connectivity index (χ0v) is 12.7. The first-order valence-corrected chi connectivity index (χ1v) is 7.39. The third-order valence-corrected chi connectivity index (χ3v) is 3.39. The molecule has 0 saturated carbocycles. The lowest BCUT2D eigenvalue weighted by Gasteiger charge is -2.09. The first kappa shape index (κ1) is 14.5. The van der Waals surface area contributed by atoms with Gasteiger partial charge in [0, 0.05) is 10.9 Å². The van der Waals surface area contributed by atoms with E-state index in [1.165, 1.54) is 11.3 Å². The summed E-state index contributed by atoms with van der Waals surface area (Å²) in [6.45, 7) is 6.70. The number of carbonyl (C=O) groups excluding carboxylic acids is 1. The third-order valence-electron chi connectivity index (χ3n) is 2.52. The summed E-state index contributed by atoms with van der Waals surface area (Å²) in [6.07, 6.45) is 0. The average molecular weight is 290 g/mol. The highest BCUT2D eigenvalue weighted by atomic mass is 32.1. The van der Waals surface area contributed by atoms with Gasteiger partial charge in [-0.25, -0.2) is 4.98 Å². The largest absolute Gasteiger partial charge is 0.493 e. The van der Waals surface area contributed by atoms with E-state index in [4.69, 9.17) is 4.74 Å². The van der Waals surface area contributed by atoms with E-state index < -0.39 is 0 Å². The van der Waals surface area contributed by atoms with Gasteiger partial charge in [-0.15, -0.1) is 11.3 Å². The minimum absolute atomic E-state index is 0.172. The topological polar surface area (TPSA) is 51.2 Å². The van der Waals surface area contributed by atoms with E-state index in [1.54, 1.807) is 12.1 Å². The van der Waals surface area contributed by atoms with E-state index in [-0.39, 0.29) is 5.91 Å². The second kappa shape index (κ2) is 6.52. The van der Waals surface area contributed by atoms with Crippen molar-refractivity contribution < 1.29 is 9.53 Å². The molecule has 1 heterocycles. The molecule has 0 saturated heterocycles. The molecular formula is C15H18N2O2S. The number of aromatic nitrogens is 1. The first-order valence-electron chi connectivity index (χ1n) is 6.51. The van der Waals surface area contributed by atoms with E-state index >= 15 is 0 Å². The molecule has 0 atom stereocenters. The summed E-state index contributed by atoms with van der Waals surface area (Å²) in [5, 5.41) is 5.30. The Morgan fingerprint density at radius 3 is 2.90 bits per heavy atom. The van der Waals surface area contributed by atoms with Crippen molar-refractivity contribution in [3.8, 4) is 5.75 Å². The number of hydrogen-bond acceptors (Lipinski definition) is 4. The van der Waals surface area contributed by atoms with Crippen molar-refractivity contribution in [2.24, 2.45) is 5.92 Å². The van der Waals surface area contributed by atoms with Crippen molar-refractivity contribution in [2.45, 2.75) is 20.8 Å². The van der Waals surface area contributed by atoms with Crippen LogP contribution in [0.15, 0.2) is 29.6 Å². The summed E-state index contributed by atoms with van der Waals surface area (Å²) in [5.74, 6) is 0.988. The summed E-state index contributed by atoms with van der Waals surface area (Å²) in [4.78, 5) is 16.3. The van der Waals surface area contributed by atoms with Gasteiger partial charge in [0.25, 0.3) is 5.91 Å². The Balaban J connectivity index is 2.04. The number of amides is 1. The summed E-state index contributed by atoms with van der Waals surface area (Å²) in [5.41, 5.74) is 1.47. The SMILES string of the molecule is Cc1csc(NC(=O)c2cccc(OCC(C)C)c2)n1. The maximum Gasteiger partial charge on any atom is 0.257 e. The predicted molar refractivity (Wildman–Crippen MR) is 81.6 cm³/mol. The van der Waals surface area contributed by atoms with Crippen LogP contribution in [-0.2, 0) is 0 Å². The number of nitrogens with one attached hydrogen (secondary N) is 1. The molecular weight excluding hydrogens is 272 g/mol. The Bertz CT molecular complexity index is 593. The molecule has 5 heteroatoms. The molecule has 20 heavy (non-hydrogen) atoms. The van der Waals surface area contributed by atoms with Gasteiger partial charge in [0.15, 0.2) is 5.13 Å². The van der Waals surface area contributed by atoms with Crippen LogP contribution < -0.4 is 10.1 Å². The Kier molecular flexibility index (Phi) is 4.74. The van der Waals surface area contributed by atoms with E-state index in [9.17, 15) is 4.79 Å². The number of carbonyl (C=O) groups is 1. The van der Waals surface area contributed by atoms with Crippen molar-refractivity contribution in [3.05, 3.63) is 40.9 Å². The van der Waals surface area contributed by atoms with Gasteiger partial charge >= 0.3 is 0 Å². The minimum atomic E-state index is -0.172. The van der Waals surface area contributed by atoms with Gasteiger partial charge in [0.05, 0.1) is 12.3 Å². The van der Waals surface area contributed by atoms with Gasteiger partial charge in [-0.05, 0) is 31.0 Å². The highest BCUT2D eigenvalue weighted by Crippen LogP contribution is 2.18. The van der Waals surface area contributed by atoms with Crippen molar-refractivity contribution in [1.82, 2.24) is 4.98 Å². The van der Waals surface area contributed by atoms with Crippen LogP contribution in [0.25, 0.3) is 0 Å². The number of nitrogens with zero attached hydrogens (tertiary/aromatic N) is 1. The molecule has 1 aromatic heterocycles. The van der Waals surface area contributed by atoms with Crippen LogP contribution >= 0.6 is 11.3 Å². The number of ether oxygens (including phenoxy) is 1. The fraction of sp³-hybridized carbons (Fsp3) is 0.333. The van der Waals surface area contributed by atoms with Crippen LogP contribution in [0, 0.1) is 12.8 Å². The Morgan fingerprint density at radius 1 is 1.45 bits per heavy atom. The van der Waals surface area contributed by atoms with Gasteiger partial charge in [0.2, 0.25) is 0 Å². The highest BCUT2D eigenvalue weighted by Gasteiger charge is 2.09. The Hall–Kier alpha value is -1.88. The predicted octanol–water partition coefficient (Wildman–Crippen LogP) is 3.74. The van der Waals surface area contributed by atoms with Gasteiger partial charge in [0.1, 0.15) is 5.75 Å². The molecule has 0 unspecified atom stereocenters. The maximum atomic E-state index is 12.1. The number of benzene rings is 1. The molecule has 1 aromatic carbocycles. The van der Waals surface area contributed by atoms with Crippen molar-refractivity contribution in [2.75, 3.05) is 11.9 Å². The van der Waals surface area contributed by atoms with Crippen LogP contribution in [-0.4, -0.2) is 17.5 Å². The zero-order chi connectivity index (χ0) is 14.5. The summed E-state index contributed by atoms with van der Waals surface area (Å²) < 4.78 is 5.62. The maximum absolute atomic E-state index is 12.1. The van der Waals surface area contributed by atoms with E-state index in [0.717, 1.165) is 5.69 Å². The third kappa shape index (κ3) is 4.06. The number of hydrogen-bond donors (Lipinski definition) is 1. The smallest absolute Gasteiger partial charge is 0.257 e. The van der Waals surface area contributed by atoms with Crippen molar-refractivity contribution in [3.63, 3.8) is 0 Å². The molecule has 0 radical (unpaired) electrons. The lowest BCUT2D eigenvalue weighted by atomic mass is 10.2. The number of aryl methyl sites for hydroxylation is 1. The quantitative estimate of drug-likeness (QED) is 0.912. The Morgan fingerprint density at radius 2 is 2.25 bits per heavy atom. The number of thiazole rings is 1. The Labute approximate surface area is 122 Å². The first-order chi connectivity index (χ1) is 9.54. The summed E-state index contributed by atoms with van der Waals surface area (Å²) in [6, 6.07) is 7.18. The van der Waals surface area contributed by atoms with Crippen LogP contribution in [0.3, 0.4) is 0 Å². The monoisotopic (exact) mass is 290 g/mol. The molecule has 4 nitrogen and oxygen atoms in total. The van der Waals surface area contributed by atoms with E-state index in [0.29, 0.717) is 29.0 Å². The second-order valence-corrected chi connectivity index (χ2v) is 5.84. The molecule has 0 fully saturated rings. The lowest BCUT2D eigenvalue weighted by Crippen LogP contribution is -2.12. The number of rotatable bonds is 5. The highest BCUT2D eigenvalue weighted by molar-refractivity contribution is 7.13. The molecule has 1 N–H and O–H groups in total. The van der Waals surface area contributed by atoms with Gasteiger partial charge in [-0.2, -0.15) is 0 Å². The lowest BCUT2D eigenvalue weighted by molar-refractivity contribution is 0.102. The van der Waals surface area contributed by atoms with Crippen LogP contribution in [0.1, 0.15) is 29.9 Å². The molecule has 0 aliphatic rings. The van der Waals surface area contributed by atoms with Crippen LogP contribution in [0.4, 0.5) is 5.13 Å². The molecule has 0 aliphatic heterocycles. The van der Waals surface area contributed by atoms with Crippen molar-refractivity contribution >= 4 is 22.4 Å². The molecule has 0 bridgehead atoms. The standard InChI is InChI=1S/C15H18N2O2S/c1-10(2)8-19-13-6-4-5-12(7-13)14(18)17-15-16-11(3)9-20-15/h4-7,9-10H,8H2,1-3H3,(H,16,17,18). The normalized spacial score (nSPS) is 10.6. The van der Waals surface area contributed by atoms with Gasteiger partial charge in [-0.3, -0.25) is 10.1 Å².